The zero-order chi connectivity index (χ0) is 10.8. The zero-order valence-electron chi connectivity index (χ0n) is 8.50. The minimum atomic E-state index is -0.548. The van der Waals surface area contributed by atoms with Crippen LogP contribution in [0, 0.1) is 5.92 Å². The maximum atomic E-state index is 11.4. The minimum absolute atomic E-state index is 0.0745. The lowest BCUT2D eigenvalue weighted by Gasteiger charge is -2.41. The van der Waals surface area contributed by atoms with Gasteiger partial charge >= 0.3 is 0 Å². The molecule has 2 amide bonds. The van der Waals surface area contributed by atoms with Crippen LogP contribution in [0.4, 0.5) is 0 Å². The number of carbonyl (C=O) groups excluding carboxylic acids is 2. The Bertz CT molecular complexity index is 246. The molecule has 1 saturated heterocycles. The number of nitrogens with two attached hydrogens (primary N) is 1. The van der Waals surface area contributed by atoms with E-state index in [4.69, 9.17) is 10.5 Å². The first kappa shape index (κ1) is 11.0. The number of nitrogens with one attached hydrogen (secondary N) is 1. The van der Waals surface area contributed by atoms with Crippen molar-refractivity contribution in [1.82, 2.24) is 5.32 Å². The number of carbonyl (C=O) groups is 2. The summed E-state index contributed by atoms with van der Waals surface area (Å²) in [5.41, 5.74) is 4.55. The summed E-state index contributed by atoms with van der Waals surface area (Å²) in [7, 11) is 0. The third-order valence-corrected chi connectivity index (χ3v) is 2.18. The summed E-state index contributed by atoms with van der Waals surface area (Å²) < 4.78 is 5.00. The molecule has 0 aliphatic carbocycles. The van der Waals surface area contributed by atoms with Gasteiger partial charge in [0.15, 0.2) is 0 Å². The fraction of sp³-hybridized carbons (Fsp3) is 0.778. The Morgan fingerprint density at radius 2 is 2.07 bits per heavy atom. The molecule has 3 N–H and O–H groups in total. The zero-order valence-corrected chi connectivity index (χ0v) is 8.50. The van der Waals surface area contributed by atoms with Crippen LogP contribution >= 0.6 is 0 Å². The monoisotopic (exact) mass is 200 g/mol. The highest BCUT2D eigenvalue weighted by Crippen LogP contribution is 2.21. The van der Waals surface area contributed by atoms with Gasteiger partial charge in [0.1, 0.15) is 0 Å². The van der Waals surface area contributed by atoms with Crippen molar-refractivity contribution in [3.8, 4) is 0 Å². The molecule has 80 valence electrons. The van der Waals surface area contributed by atoms with Gasteiger partial charge in [-0.15, -0.1) is 0 Å². The molecule has 1 aliphatic heterocycles. The summed E-state index contributed by atoms with van der Waals surface area (Å²) in [6.07, 6.45) is 0.144. The van der Waals surface area contributed by atoms with Crippen molar-refractivity contribution >= 4 is 11.8 Å². The van der Waals surface area contributed by atoms with E-state index in [2.05, 4.69) is 5.32 Å². The van der Waals surface area contributed by atoms with Crippen LogP contribution in [0.5, 0.6) is 0 Å². The van der Waals surface area contributed by atoms with Gasteiger partial charge in [-0.1, -0.05) is 13.8 Å². The normalized spacial score (nSPS) is 18.8. The van der Waals surface area contributed by atoms with Crippen LogP contribution < -0.4 is 11.1 Å². The first-order valence-corrected chi connectivity index (χ1v) is 4.63. The summed E-state index contributed by atoms with van der Waals surface area (Å²) >= 11 is 0. The minimum Gasteiger partial charge on any atom is -0.376 e. The van der Waals surface area contributed by atoms with Gasteiger partial charge in [0.05, 0.1) is 25.2 Å². The van der Waals surface area contributed by atoms with E-state index >= 15 is 0 Å². The molecule has 0 atom stereocenters. The molecule has 5 nitrogen and oxygen atoms in total. The Balaban J connectivity index is 2.53. The molecule has 0 aromatic rings. The van der Waals surface area contributed by atoms with Gasteiger partial charge in [0.25, 0.3) is 0 Å². The largest absolute Gasteiger partial charge is 0.376 e. The van der Waals surface area contributed by atoms with Crippen LogP contribution in [0.1, 0.15) is 20.3 Å². The number of hydrogen-bond donors (Lipinski definition) is 2. The van der Waals surface area contributed by atoms with Gasteiger partial charge in [0, 0.05) is 5.92 Å². The number of rotatable bonds is 4. The van der Waals surface area contributed by atoms with Crippen LogP contribution in [-0.4, -0.2) is 30.6 Å². The topological polar surface area (TPSA) is 81.4 Å². The van der Waals surface area contributed by atoms with Crippen molar-refractivity contribution < 1.29 is 14.3 Å². The van der Waals surface area contributed by atoms with Crippen LogP contribution in [-0.2, 0) is 14.3 Å². The highest BCUT2D eigenvalue weighted by molar-refractivity contribution is 5.81. The van der Waals surface area contributed by atoms with Gasteiger partial charge in [0.2, 0.25) is 11.8 Å². The van der Waals surface area contributed by atoms with E-state index in [0.29, 0.717) is 13.2 Å². The van der Waals surface area contributed by atoms with E-state index in [0.717, 1.165) is 0 Å². The molecule has 5 heteroatoms. The van der Waals surface area contributed by atoms with Crippen LogP contribution in [0.25, 0.3) is 0 Å². The predicted molar refractivity (Wildman–Crippen MR) is 50.3 cm³/mol. The first-order valence-electron chi connectivity index (χ1n) is 4.63. The van der Waals surface area contributed by atoms with Crippen LogP contribution in [0.2, 0.25) is 0 Å². The first-order chi connectivity index (χ1) is 6.45. The third-order valence-electron chi connectivity index (χ3n) is 2.18. The van der Waals surface area contributed by atoms with Gasteiger partial charge in [-0.05, 0) is 0 Å². The van der Waals surface area contributed by atoms with E-state index in [1.165, 1.54) is 0 Å². The molecular weight excluding hydrogens is 184 g/mol. The quantitative estimate of drug-likeness (QED) is 0.636. The number of hydrogen-bond acceptors (Lipinski definition) is 3. The molecule has 14 heavy (non-hydrogen) atoms. The molecule has 0 bridgehead atoms. The Morgan fingerprint density at radius 1 is 1.50 bits per heavy atom. The van der Waals surface area contributed by atoms with Crippen LogP contribution in [0.3, 0.4) is 0 Å². The Morgan fingerprint density at radius 3 is 2.36 bits per heavy atom. The summed E-state index contributed by atoms with van der Waals surface area (Å²) in [5.74, 6) is -0.591. The highest BCUT2D eigenvalue weighted by Gasteiger charge is 2.41. The summed E-state index contributed by atoms with van der Waals surface area (Å²) in [6.45, 7) is 4.34. The molecule has 0 spiro atoms. The Hall–Kier alpha value is -1.10. The van der Waals surface area contributed by atoms with E-state index in [-0.39, 0.29) is 18.2 Å². The van der Waals surface area contributed by atoms with Crippen molar-refractivity contribution in [2.75, 3.05) is 13.2 Å². The van der Waals surface area contributed by atoms with E-state index < -0.39 is 11.4 Å². The second-order valence-electron chi connectivity index (χ2n) is 4.06. The summed E-state index contributed by atoms with van der Waals surface area (Å²) in [5, 5.41) is 2.80. The van der Waals surface area contributed by atoms with Crippen molar-refractivity contribution in [2.24, 2.45) is 11.7 Å². The van der Waals surface area contributed by atoms with Gasteiger partial charge < -0.3 is 15.8 Å². The summed E-state index contributed by atoms with van der Waals surface area (Å²) in [6, 6.07) is 0. The maximum absolute atomic E-state index is 11.4. The predicted octanol–water partition coefficient (Wildman–Crippen LogP) is -0.597. The molecule has 1 rings (SSSR count). The van der Waals surface area contributed by atoms with Crippen molar-refractivity contribution in [2.45, 2.75) is 25.8 Å². The number of ether oxygens (including phenoxy) is 1. The van der Waals surface area contributed by atoms with E-state index in [9.17, 15) is 9.59 Å². The van der Waals surface area contributed by atoms with Crippen molar-refractivity contribution in [1.29, 1.82) is 0 Å². The molecule has 0 radical (unpaired) electrons. The lowest BCUT2D eigenvalue weighted by Crippen LogP contribution is -2.64. The van der Waals surface area contributed by atoms with E-state index in [1.807, 2.05) is 0 Å². The molecular formula is C9H16N2O3. The van der Waals surface area contributed by atoms with Crippen LogP contribution in [0.15, 0.2) is 0 Å². The maximum Gasteiger partial charge on any atom is 0.223 e. The highest BCUT2D eigenvalue weighted by atomic mass is 16.5. The molecule has 1 fully saturated rings. The molecule has 0 aromatic carbocycles. The second-order valence-corrected chi connectivity index (χ2v) is 4.06. The molecule has 1 aliphatic rings. The Kier molecular flexibility index (Phi) is 3.10. The molecule has 0 unspecified atom stereocenters. The van der Waals surface area contributed by atoms with Gasteiger partial charge in [-0.25, -0.2) is 0 Å². The average Bonchev–Trinajstić information content (AvgIpc) is 1.99. The summed E-state index contributed by atoms with van der Waals surface area (Å²) in [4.78, 5) is 22.2. The van der Waals surface area contributed by atoms with Gasteiger partial charge in [-0.3, -0.25) is 9.59 Å². The number of primary amides is 1. The fourth-order valence-electron chi connectivity index (χ4n) is 1.31. The van der Waals surface area contributed by atoms with Crippen molar-refractivity contribution in [3.63, 3.8) is 0 Å². The molecule has 0 aromatic heterocycles. The lowest BCUT2D eigenvalue weighted by atomic mass is 9.92. The lowest BCUT2D eigenvalue weighted by molar-refractivity contribution is -0.140. The molecule has 0 saturated carbocycles. The SMILES string of the molecule is CC(C)C(=O)NC1(CC(N)=O)COC1. The van der Waals surface area contributed by atoms with Crippen molar-refractivity contribution in [3.05, 3.63) is 0 Å². The standard InChI is InChI=1S/C9H16N2O3/c1-6(2)8(13)11-9(3-7(10)12)4-14-5-9/h6H,3-5H2,1-2H3,(H2,10,12)(H,11,13). The Labute approximate surface area is 83.0 Å². The second kappa shape index (κ2) is 3.96. The third kappa shape index (κ3) is 2.45. The number of amides is 2. The van der Waals surface area contributed by atoms with E-state index in [1.54, 1.807) is 13.8 Å². The average molecular weight is 200 g/mol. The van der Waals surface area contributed by atoms with Gasteiger partial charge in [-0.2, -0.15) is 0 Å². The smallest absolute Gasteiger partial charge is 0.223 e. The fourth-order valence-corrected chi connectivity index (χ4v) is 1.31. The molecule has 1 heterocycles.